The van der Waals surface area contributed by atoms with Crippen molar-refractivity contribution in [2.24, 2.45) is 0 Å². The van der Waals surface area contributed by atoms with Crippen molar-refractivity contribution in [1.29, 1.82) is 5.26 Å². The molecule has 3 aromatic rings. The van der Waals surface area contributed by atoms with Crippen LogP contribution in [0.1, 0.15) is 11.5 Å². The van der Waals surface area contributed by atoms with Crippen molar-refractivity contribution in [3.8, 4) is 23.2 Å². The average Bonchev–Trinajstić information content (AvgIpc) is 3.23. The molecule has 2 aromatic heterocycles. The minimum Gasteiger partial charge on any atom is -0.497 e. The van der Waals surface area contributed by atoms with Crippen molar-refractivity contribution in [3.63, 3.8) is 0 Å². The molecule has 1 aliphatic heterocycles. The molecule has 0 aliphatic carbocycles. The number of hydrogen-bond donors (Lipinski definition) is 0. The molecule has 0 N–H and O–H groups in total. The largest absolute Gasteiger partial charge is 0.497 e. The van der Waals surface area contributed by atoms with Crippen molar-refractivity contribution in [3.05, 3.63) is 54.0 Å². The summed E-state index contributed by atoms with van der Waals surface area (Å²) in [5.74, 6) is 2.71. The molecule has 0 spiro atoms. The first-order valence-electron chi connectivity index (χ1n) is 9.06. The van der Waals surface area contributed by atoms with Gasteiger partial charge in [-0.1, -0.05) is 5.16 Å². The third-order valence-corrected chi connectivity index (χ3v) is 4.75. The highest BCUT2D eigenvalue weighted by Gasteiger charge is 2.22. The molecule has 142 valence electrons. The Labute approximate surface area is 163 Å². The lowest BCUT2D eigenvalue weighted by molar-refractivity contribution is 0.215. The van der Waals surface area contributed by atoms with Crippen LogP contribution in [0.3, 0.4) is 0 Å². The number of hydrogen-bond acceptors (Lipinski definition) is 8. The Bertz CT molecular complexity index is 971. The molecule has 1 fully saturated rings. The van der Waals surface area contributed by atoms with Crippen molar-refractivity contribution >= 4 is 5.82 Å². The van der Waals surface area contributed by atoms with E-state index in [0.717, 1.165) is 43.3 Å². The maximum absolute atomic E-state index is 9.26. The van der Waals surface area contributed by atoms with Crippen LogP contribution in [-0.2, 0) is 6.54 Å². The number of nitrogens with zero attached hydrogens (tertiary/aromatic N) is 6. The summed E-state index contributed by atoms with van der Waals surface area (Å²) in [6, 6.07) is 13.4. The zero-order valence-corrected chi connectivity index (χ0v) is 15.6. The first-order chi connectivity index (χ1) is 13.8. The van der Waals surface area contributed by atoms with Gasteiger partial charge in [-0.25, -0.2) is 4.98 Å². The third kappa shape index (κ3) is 3.80. The third-order valence-electron chi connectivity index (χ3n) is 4.75. The van der Waals surface area contributed by atoms with Crippen LogP contribution in [0.25, 0.3) is 11.4 Å². The molecule has 1 aromatic carbocycles. The summed E-state index contributed by atoms with van der Waals surface area (Å²) in [4.78, 5) is 13.3. The SMILES string of the molecule is COc1ccc(-c2noc(CN3CCN(c4ncccc4C#N)CC3)n2)cc1. The molecule has 4 rings (SSSR count). The molecule has 0 radical (unpaired) electrons. The van der Waals surface area contributed by atoms with Gasteiger partial charge in [-0.3, -0.25) is 4.90 Å². The van der Waals surface area contributed by atoms with Crippen LogP contribution in [0.2, 0.25) is 0 Å². The van der Waals surface area contributed by atoms with Gasteiger partial charge in [0.1, 0.15) is 17.6 Å². The highest BCUT2D eigenvalue weighted by Crippen LogP contribution is 2.21. The first kappa shape index (κ1) is 17.9. The zero-order valence-electron chi connectivity index (χ0n) is 15.6. The van der Waals surface area contributed by atoms with Crippen LogP contribution in [-0.4, -0.2) is 53.3 Å². The number of pyridine rings is 1. The summed E-state index contributed by atoms with van der Waals surface area (Å²) in [6.45, 7) is 3.87. The number of nitriles is 1. The van der Waals surface area contributed by atoms with Gasteiger partial charge in [-0.15, -0.1) is 0 Å². The minimum absolute atomic E-state index is 0.573. The minimum atomic E-state index is 0.573. The lowest BCUT2D eigenvalue weighted by Gasteiger charge is -2.34. The van der Waals surface area contributed by atoms with E-state index in [4.69, 9.17) is 9.26 Å². The van der Waals surface area contributed by atoms with Gasteiger partial charge >= 0.3 is 0 Å². The van der Waals surface area contributed by atoms with Crippen LogP contribution in [0.4, 0.5) is 5.82 Å². The van der Waals surface area contributed by atoms with Gasteiger partial charge in [0.25, 0.3) is 0 Å². The van der Waals surface area contributed by atoms with E-state index >= 15 is 0 Å². The van der Waals surface area contributed by atoms with E-state index in [1.807, 2.05) is 24.3 Å². The Hall–Kier alpha value is -3.44. The van der Waals surface area contributed by atoms with Gasteiger partial charge < -0.3 is 14.2 Å². The standard InChI is InChI=1S/C20H20N6O2/c1-27-17-6-4-15(5-7-17)19-23-18(28-24-19)14-25-9-11-26(12-10-25)20-16(13-21)3-2-8-22-20/h2-8H,9-12,14H2,1H3. The Morgan fingerprint density at radius 1 is 1.14 bits per heavy atom. The fourth-order valence-electron chi connectivity index (χ4n) is 3.22. The molecule has 1 aliphatic rings. The van der Waals surface area contributed by atoms with Crippen LogP contribution >= 0.6 is 0 Å². The molecular weight excluding hydrogens is 356 g/mol. The maximum Gasteiger partial charge on any atom is 0.241 e. The molecule has 28 heavy (non-hydrogen) atoms. The molecular formula is C20H20N6O2. The smallest absolute Gasteiger partial charge is 0.241 e. The number of rotatable bonds is 5. The van der Waals surface area contributed by atoms with E-state index in [2.05, 4.69) is 31.0 Å². The maximum atomic E-state index is 9.26. The molecule has 0 saturated carbocycles. The van der Waals surface area contributed by atoms with Gasteiger partial charge in [-0.2, -0.15) is 10.2 Å². The summed E-state index contributed by atoms with van der Waals surface area (Å²) in [6.07, 6.45) is 1.72. The Balaban J connectivity index is 1.36. The second-order valence-electron chi connectivity index (χ2n) is 6.49. The van der Waals surface area contributed by atoms with E-state index in [1.165, 1.54) is 0 Å². The van der Waals surface area contributed by atoms with Gasteiger partial charge in [-0.05, 0) is 36.4 Å². The molecule has 0 bridgehead atoms. The Morgan fingerprint density at radius 2 is 1.93 bits per heavy atom. The molecule has 0 atom stereocenters. The van der Waals surface area contributed by atoms with Gasteiger partial charge in [0.15, 0.2) is 0 Å². The van der Waals surface area contributed by atoms with Crippen LogP contribution in [0.5, 0.6) is 5.75 Å². The van der Waals surface area contributed by atoms with Crippen molar-refractivity contribution < 1.29 is 9.26 Å². The molecule has 8 heteroatoms. The second kappa shape index (κ2) is 8.06. The Kier molecular flexibility index (Phi) is 5.17. The van der Waals surface area contributed by atoms with Gasteiger partial charge in [0.05, 0.1) is 19.2 Å². The predicted octanol–water partition coefficient (Wildman–Crippen LogP) is 2.33. The molecule has 0 unspecified atom stereocenters. The number of benzene rings is 1. The molecule has 3 heterocycles. The Morgan fingerprint density at radius 3 is 2.64 bits per heavy atom. The second-order valence-corrected chi connectivity index (χ2v) is 6.49. The van der Waals surface area contributed by atoms with Gasteiger partial charge in [0.2, 0.25) is 11.7 Å². The molecule has 0 amide bonds. The summed E-state index contributed by atoms with van der Waals surface area (Å²) in [7, 11) is 1.64. The number of methoxy groups -OCH3 is 1. The quantitative estimate of drug-likeness (QED) is 0.670. The highest BCUT2D eigenvalue weighted by atomic mass is 16.5. The number of piperazine rings is 1. The lowest BCUT2D eigenvalue weighted by atomic mass is 10.2. The number of anilines is 1. The summed E-state index contributed by atoms with van der Waals surface area (Å²) < 4.78 is 10.6. The lowest BCUT2D eigenvalue weighted by Crippen LogP contribution is -2.46. The zero-order chi connectivity index (χ0) is 19.3. The summed E-state index contributed by atoms with van der Waals surface area (Å²) >= 11 is 0. The summed E-state index contributed by atoms with van der Waals surface area (Å²) in [5.41, 5.74) is 1.50. The highest BCUT2D eigenvalue weighted by molar-refractivity contribution is 5.55. The fourth-order valence-corrected chi connectivity index (χ4v) is 3.22. The van der Waals surface area contributed by atoms with Crippen LogP contribution < -0.4 is 9.64 Å². The fraction of sp³-hybridized carbons (Fsp3) is 0.300. The van der Waals surface area contributed by atoms with Crippen molar-refractivity contribution in [2.75, 3.05) is 38.2 Å². The monoisotopic (exact) mass is 376 g/mol. The van der Waals surface area contributed by atoms with Crippen LogP contribution in [0.15, 0.2) is 47.1 Å². The average molecular weight is 376 g/mol. The first-order valence-corrected chi connectivity index (χ1v) is 9.06. The van der Waals surface area contributed by atoms with E-state index in [-0.39, 0.29) is 0 Å². The topological polar surface area (TPSA) is 91.3 Å². The number of aromatic nitrogens is 3. The van der Waals surface area contributed by atoms with Crippen molar-refractivity contribution in [2.45, 2.75) is 6.54 Å². The predicted molar refractivity (Wildman–Crippen MR) is 103 cm³/mol. The van der Waals surface area contributed by atoms with E-state index in [1.54, 1.807) is 25.4 Å². The molecule has 8 nitrogen and oxygen atoms in total. The normalized spacial score (nSPS) is 14.6. The van der Waals surface area contributed by atoms with Gasteiger partial charge in [0, 0.05) is 37.9 Å². The molecule has 1 saturated heterocycles. The van der Waals surface area contributed by atoms with Crippen LogP contribution in [0, 0.1) is 11.3 Å². The van der Waals surface area contributed by atoms with E-state index in [9.17, 15) is 5.26 Å². The number of ether oxygens (including phenoxy) is 1. The van der Waals surface area contributed by atoms with E-state index in [0.29, 0.717) is 23.8 Å². The van der Waals surface area contributed by atoms with Crippen molar-refractivity contribution in [1.82, 2.24) is 20.0 Å². The van der Waals surface area contributed by atoms with E-state index < -0.39 is 0 Å². The summed E-state index contributed by atoms with van der Waals surface area (Å²) in [5, 5.41) is 13.3.